The third kappa shape index (κ3) is 4.77. The van der Waals surface area contributed by atoms with Crippen molar-refractivity contribution in [2.45, 2.75) is 95.0 Å². The third-order valence-corrected chi connectivity index (χ3v) is 8.71. The second kappa shape index (κ2) is 9.50. The van der Waals surface area contributed by atoms with Crippen molar-refractivity contribution in [2.24, 2.45) is 5.41 Å². The fourth-order valence-corrected chi connectivity index (χ4v) is 6.60. The lowest BCUT2D eigenvalue weighted by Gasteiger charge is -2.36. The summed E-state index contributed by atoms with van der Waals surface area (Å²) in [5, 5.41) is 29.7. The highest BCUT2D eigenvalue weighted by Crippen LogP contribution is 2.55. The van der Waals surface area contributed by atoms with Crippen molar-refractivity contribution in [3.63, 3.8) is 0 Å². The van der Waals surface area contributed by atoms with E-state index in [4.69, 9.17) is 4.74 Å². The van der Waals surface area contributed by atoms with Gasteiger partial charge in [-0.3, -0.25) is 0 Å². The molecule has 1 aliphatic heterocycles. The molecular weight excluding hydrogens is 412 g/mol. The fraction of sp³-hybridized carbons (Fsp3) is 0.586. The molecule has 4 heteroatoms. The van der Waals surface area contributed by atoms with E-state index in [1.807, 2.05) is 6.07 Å². The van der Waals surface area contributed by atoms with E-state index < -0.39 is 18.3 Å². The fourth-order valence-electron chi connectivity index (χ4n) is 6.60. The molecule has 2 aliphatic carbocycles. The number of benzene rings is 2. The molecule has 33 heavy (non-hydrogen) atoms. The molecular formula is C29H38O4. The summed E-state index contributed by atoms with van der Waals surface area (Å²) < 4.78 is 5.90. The molecule has 2 saturated carbocycles. The van der Waals surface area contributed by atoms with E-state index in [1.54, 1.807) is 0 Å². The summed E-state index contributed by atoms with van der Waals surface area (Å²) in [6, 6.07) is 15.6. The smallest absolute Gasteiger partial charge is 0.110 e. The van der Waals surface area contributed by atoms with E-state index in [0.29, 0.717) is 11.8 Å². The molecule has 3 unspecified atom stereocenters. The van der Waals surface area contributed by atoms with Gasteiger partial charge in [0.15, 0.2) is 0 Å². The Morgan fingerprint density at radius 1 is 0.970 bits per heavy atom. The van der Waals surface area contributed by atoms with Crippen LogP contribution in [-0.4, -0.2) is 40.2 Å². The molecule has 0 radical (unpaired) electrons. The molecule has 4 nitrogen and oxygen atoms in total. The summed E-state index contributed by atoms with van der Waals surface area (Å²) in [4.78, 5) is 0. The summed E-state index contributed by atoms with van der Waals surface area (Å²) in [5.41, 5.74) is 6.94. The van der Waals surface area contributed by atoms with Crippen molar-refractivity contribution in [2.75, 3.05) is 6.61 Å². The van der Waals surface area contributed by atoms with Crippen LogP contribution in [0.2, 0.25) is 0 Å². The van der Waals surface area contributed by atoms with E-state index in [0.717, 1.165) is 17.9 Å². The summed E-state index contributed by atoms with van der Waals surface area (Å²) >= 11 is 0. The monoisotopic (exact) mass is 450 g/mol. The average Bonchev–Trinajstić information content (AvgIpc) is 3.47. The van der Waals surface area contributed by atoms with Crippen molar-refractivity contribution >= 4 is 0 Å². The van der Waals surface area contributed by atoms with Gasteiger partial charge in [0, 0.05) is 6.42 Å². The van der Waals surface area contributed by atoms with Crippen LogP contribution >= 0.6 is 0 Å². The van der Waals surface area contributed by atoms with E-state index in [2.05, 4.69) is 43.3 Å². The lowest BCUT2D eigenvalue weighted by Crippen LogP contribution is -2.47. The normalized spacial score (nSPS) is 31.3. The number of aliphatic hydroxyl groups is 3. The first-order valence-corrected chi connectivity index (χ1v) is 12.8. The van der Waals surface area contributed by atoms with Gasteiger partial charge < -0.3 is 20.1 Å². The molecule has 0 amide bonds. The van der Waals surface area contributed by atoms with Crippen LogP contribution in [-0.2, 0) is 11.2 Å². The van der Waals surface area contributed by atoms with Crippen LogP contribution in [0.25, 0.3) is 0 Å². The number of aryl methyl sites for hydroxylation is 1. The molecule has 3 aliphatic rings. The van der Waals surface area contributed by atoms with Crippen molar-refractivity contribution in [3.8, 4) is 0 Å². The van der Waals surface area contributed by atoms with Crippen LogP contribution in [0.3, 0.4) is 0 Å². The molecule has 2 aromatic rings. The predicted molar refractivity (Wildman–Crippen MR) is 129 cm³/mol. The minimum atomic E-state index is -1.04. The molecule has 0 bridgehead atoms. The Morgan fingerprint density at radius 2 is 1.70 bits per heavy atom. The highest BCUT2D eigenvalue weighted by Gasteiger charge is 2.41. The second-order valence-electron chi connectivity index (χ2n) is 10.9. The zero-order valence-corrected chi connectivity index (χ0v) is 19.7. The largest absolute Gasteiger partial charge is 0.394 e. The Hall–Kier alpha value is -1.72. The summed E-state index contributed by atoms with van der Waals surface area (Å²) in [7, 11) is 0. The van der Waals surface area contributed by atoms with Gasteiger partial charge in [-0.05, 0) is 84.6 Å². The lowest BCUT2D eigenvalue weighted by molar-refractivity contribution is -0.181. The van der Waals surface area contributed by atoms with Gasteiger partial charge in [-0.15, -0.1) is 0 Å². The minimum absolute atomic E-state index is 0.304. The highest BCUT2D eigenvalue weighted by atomic mass is 16.5. The molecule has 3 fully saturated rings. The van der Waals surface area contributed by atoms with Crippen LogP contribution in [0.1, 0.15) is 91.2 Å². The molecule has 5 atom stereocenters. The van der Waals surface area contributed by atoms with Gasteiger partial charge in [-0.25, -0.2) is 0 Å². The van der Waals surface area contributed by atoms with Gasteiger partial charge in [0.2, 0.25) is 0 Å². The van der Waals surface area contributed by atoms with Crippen LogP contribution in [0.4, 0.5) is 0 Å². The Labute approximate surface area is 197 Å². The van der Waals surface area contributed by atoms with E-state index in [9.17, 15) is 15.3 Å². The molecule has 1 heterocycles. The third-order valence-electron chi connectivity index (χ3n) is 8.71. The number of ether oxygens (including phenoxy) is 1. The second-order valence-corrected chi connectivity index (χ2v) is 10.9. The van der Waals surface area contributed by atoms with Gasteiger partial charge in [0.25, 0.3) is 0 Å². The van der Waals surface area contributed by atoms with Gasteiger partial charge in [-0.1, -0.05) is 55.3 Å². The summed E-state index contributed by atoms with van der Waals surface area (Å²) in [6.45, 7) is 1.83. The quantitative estimate of drug-likeness (QED) is 0.602. The molecule has 1 saturated heterocycles. The molecule has 0 aromatic heterocycles. The lowest BCUT2D eigenvalue weighted by atomic mass is 9.82. The Kier molecular flexibility index (Phi) is 6.63. The van der Waals surface area contributed by atoms with Crippen molar-refractivity contribution in [1.82, 2.24) is 0 Å². The van der Waals surface area contributed by atoms with Gasteiger partial charge in [0.05, 0.1) is 18.8 Å². The average molecular weight is 451 g/mol. The maximum atomic E-state index is 10.2. The van der Waals surface area contributed by atoms with E-state index in [-0.39, 0.29) is 12.7 Å². The molecule has 3 N–H and O–H groups in total. The Balaban J connectivity index is 1.28. The van der Waals surface area contributed by atoms with Gasteiger partial charge in [-0.2, -0.15) is 0 Å². The number of aliphatic hydroxyl groups excluding tert-OH is 3. The van der Waals surface area contributed by atoms with E-state index >= 15 is 0 Å². The zero-order valence-electron chi connectivity index (χ0n) is 19.7. The molecule has 178 valence electrons. The summed E-state index contributed by atoms with van der Waals surface area (Å²) in [6.07, 6.45) is 8.05. The Bertz CT molecular complexity index is 947. The van der Waals surface area contributed by atoms with Crippen LogP contribution in [0, 0.1) is 12.3 Å². The molecule has 1 spiro atoms. The zero-order chi connectivity index (χ0) is 23.0. The van der Waals surface area contributed by atoms with Gasteiger partial charge in [0.1, 0.15) is 12.2 Å². The first-order valence-electron chi connectivity index (χ1n) is 12.8. The highest BCUT2D eigenvalue weighted by molar-refractivity contribution is 5.37. The minimum Gasteiger partial charge on any atom is -0.394 e. The first kappa shape index (κ1) is 23.0. The predicted octanol–water partition coefficient (Wildman–Crippen LogP) is 4.96. The SMILES string of the molecule is Cc1ccc([C@@H]2CC(O)[C@H](O)C(CO)O2)cc1Cc1ccc(C2CCC3(CCCC3)C2)cc1. The maximum Gasteiger partial charge on any atom is 0.110 e. The topological polar surface area (TPSA) is 69.9 Å². The molecule has 2 aromatic carbocycles. The van der Waals surface area contributed by atoms with Crippen molar-refractivity contribution in [1.29, 1.82) is 0 Å². The van der Waals surface area contributed by atoms with Crippen LogP contribution < -0.4 is 0 Å². The van der Waals surface area contributed by atoms with E-state index in [1.165, 1.54) is 67.2 Å². The van der Waals surface area contributed by atoms with Gasteiger partial charge >= 0.3 is 0 Å². The van der Waals surface area contributed by atoms with Crippen molar-refractivity contribution < 1.29 is 20.1 Å². The summed E-state index contributed by atoms with van der Waals surface area (Å²) in [5.74, 6) is 0.729. The van der Waals surface area contributed by atoms with Crippen molar-refractivity contribution in [3.05, 3.63) is 70.3 Å². The standard InChI is InChI=1S/C29H38O4/c1-19-4-7-22(26-16-25(31)28(32)27(18-30)33-26)15-24(19)14-20-5-8-21(9-6-20)23-10-13-29(17-23)11-2-3-12-29/h4-9,15,23,25-28,30-32H,2-3,10-14,16-18H2,1H3/t23?,25?,26-,27?,28-/m0/s1. The number of rotatable bonds is 5. The number of hydrogen-bond donors (Lipinski definition) is 3. The Morgan fingerprint density at radius 3 is 2.42 bits per heavy atom. The van der Waals surface area contributed by atoms with Crippen LogP contribution in [0.5, 0.6) is 0 Å². The maximum absolute atomic E-state index is 10.2. The molecule has 5 rings (SSSR count). The van der Waals surface area contributed by atoms with Crippen LogP contribution in [0.15, 0.2) is 42.5 Å². The first-order chi connectivity index (χ1) is 16.0. The number of hydrogen-bond acceptors (Lipinski definition) is 4.